The molecule has 0 aromatic heterocycles. The van der Waals surface area contributed by atoms with Gasteiger partial charge < -0.3 is 41.0 Å². The summed E-state index contributed by atoms with van der Waals surface area (Å²) in [4.78, 5) is 55.1. The van der Waals surface area contributed by atoms with Crippen molar-refractivity contribution < 1.29 is 38.9 Å². The quantitative estimate of drug-likeness (QED) is 0.0704. The number of phenolic OH excluding ortho intramolecular Hbond substituents is 1. The van der Waals surface area contributed by atoms with Gasteiger partial charge in [0.1, 0.15) is 36.2 Å². The molecule has 0 bridgehead atoms. The number of carbonyl (C=O) groups excluding carboxylic acids is 4. The molecule has 7 N–H and O–H groups in total. The van der Waals surface area contributed by atoms with Crippen LogP contribution in [-0.2, 0) is 45.2 Å². The molecular formula is C45H57N5O8. The Labute approximate surface area is 340 Å². The number of ether oxygens (including phenoxy) is 2. The minimum Gasteiger partial charge on any atom is -0.507 e. The van der Waals surface area contributed by atoms with Crippen LogP contribution in [0.15, 0.2) is 109 Å². The van der Waals surface area contributed by atoms with Crippen LogP contribution in [0, 0.1) is 11.3 Å². The summed E-state index contributed by atoms with van der Waals surface area (Å²) >= 11 is 0. The summed E-state index contributed by atoms with van der Waals surface area (Å²) in [6.45, 7) is 9.11. The number of alkyl carbamates (subject to hydrolysis) is 1. The number of rotatable bonds is 19. The molecule has 310 valence electrons. The predicted molar refractivity (Wildman–Crippen MR) is 221 cm³/mol. The third kappa shape index (κ3) is 13.6. The van der Waals surface area contributed by atoms with Gasteiger partial charge in [-0.15, -0.1) is 0 Å². The van der Waals surface area contributed by atoms with Gasteiger partial charge in [-0.25, -0.2) is 4.79 Å². The minimum absolute atomic E-state index is 0.00370. The highest BCUT2D eigenvalue weighted by Crippen LogP contribution is 2.24. The van der Waals surface area contributed by atoms with Crippen LogP contribution < -0.4 is 31.3 Å². The van der Waals surface area contributed by atoms with Crippen molar-refractivity contribution in [1.82, 2.24) is 26.6 Å². The number of methoxy groups -OCH3 is 1. The molecule has 0 aliphatic heterocycles. The van der Waals surface area contributed by atoms with Crippen molar-refractivity contribution in [2.45, 2.75) is 91.0 Å². The van der Waals surface area contributed by atoms with E-state index in [2.05, 4.69) is 26.6 Å². The number of nitrogens with one attached hydrogen (secondary N) is 5. The molecule has 0 aliphatic carbocycles. The van der Waals surface area contributed by atoms with Crippen molar-refractivity contribution in [2.75, 3.05) is 7.11 Å². The molecule has 0 aliphatic rings. The Morgan fingerprint density at radius 3 is 1.83 bits per heavy atom. The maximum Gasteiger partial charge on any atom is 0.408 e. The van der Waals surface area contributed by atoms with E-state index in [9.17, 15) is 29.4 Å². The standard InChI is InChI=1S/C45H57N5O8/c1-29(2)37(41(53)47-27-33-22-23-34(57-6)25-36(33)51)49-42(54)38(46-26-31-18-12-8-13-19-31)39(52)35(24-30-16-10-7-11-17-30)48-43(55)40(45(3,4)5)50-44(56)58-28-32-20-14-9-15-21-32/h7-23,25,29,35,37-40,46,51-52H,24,26-28H2,1-6H3,(H,47,53)(H,48,55)(H,49,54)(H,50,56)/t35-,37-,38+,39+,40+/m0/s1. The zero-order valence-corrected chi connectivity index (χ0v) is 34.0. The average molecular weight is 796 g/mol. The first kappa shape index (κ1) is 44.8. The Hall–Kier alpha value is -5.92. The molecule has 0 unspecified atom stereocenters. The number of amides is 4. The van der Waals surface area contributed by atoms with Crippen molar-refractivity contribution in [3.05, 3.63) is 131 Å². The van der Waals surface area contributed by atoms with E-state index in [4.69, 9.17) is 9.47 Å². The molecule has 0 radical (unpaired) electrons. The van der Waals surface area contributed by atoms with Crippen molar-refractivity contribution in [3.8, 4) is 11.5 Å². The second-order valence-electron chi connectivity index (χ2n) is 15.6. The fourth-order valence-corrected chi connectivity index (χ4v) is 6.26. The van der Waals surface area contributed by atoms with Crippen LogP contribution in [0.4, 0.5) is 4.79 Å². The maximum absolute atomic E-state index is 14.3. The molecule has 0 heterocycles. The first-order chi connectivity index (χ1) is 27.7. The van der Waals surface area contributed by atoms with E-state index in [0.717, 1.165) is 16.7 Å². The third-order valence-corrected chi connectivity index (χ3v) is 9.63. The molecular weight excluding hydrogens is 739 g/mol. The summed E-state index contributed by atoms with van der Waals surface area (Å²) in [7, 11) is 1.48. The summed E-state index contributed by atoms with van der Waals surface area (Å²) in [5.74, 6) is -1.74. The van der Waals surface area contributed by atoms with Crippen LogP contribution in [0.2, 0.25) is 0 Å². The smallest absolute Gasteiger partial charge is 0.408 e. The lowest BCUT2D eigenvalue weighted by molar-refractivity contribution is -0.134. The van der Waals surface area contributed by atoms with E-state index in [1.165, 1.54) is 13.2 Å². The van der Waals surface area contributed by atoms with Crippen LogP contribution in [0.1, 0.15) is 56.9 Å². The number of aliphatic hydroxyl groups excluding tert-OH is 1. The maximum atomic E-state index is 14.3. The van der Waals surface area contributed by atoms with Gasteiger partial charge in [-0.1, -0.05) is 126 Å². The molecule has 0 saturated heterocycles. The van der Waals surface area contributed by atoms with Crippen molar-refractivity contribution >= 4 is 23.8 Å². The Bertz CT molecular complexity index is 1920. The van der Waals surface area contributed by atoms with Crippen molar-refractivity contribution in [1.29, 1.82) is 0 Å². The largest absolute Gasteiger partial charge is 0.507 e. The molecule has 0 saturated carbocycles. The molecule has 13 nitrogen and oxygen atoms in total. The van der Waals surface area contributed by atoms with E-state index < -0.39 is 59.5 Å². The normalized spacial score (nSPS) is 13.9. The molecule has 0 spiro atoms. The lowest BCUT2D eigenvalue weighted by Crippen LogP contribution is -2.63. The van der Waals surface area contributed by atoms with E-state index in [0.29, 0.717) is 11.3 Å². The Morgan fingerprint density at radius 1 is 0.690 bits per heavy atom. The van der Waals surface area contributed by atoms with Gasteiger partial charge in [0.2, 0.25) is 17.7 Å². The molecule has 13 heteroatoms. The van der Waals surface area contributed by atoms with E-state index >= 15 is 0 Å². The van der Waals surface area contributed by atoms with E-state index in [1.807, 2.05) is 91.0 Å². The summed E-state index contributed by atoms with van der Waals surface area (Å²) in [6, 6.07) is 27.9. The fraction of sp³-hybridized carbons (Fsp3) is 0.378. The van der Waals surface area contributed by atoms with Crippen LogP contribution >= 0.6 is 0 Å². The molecule has 5 atom stereocenters. The number of aliphatic hydroxyl groups is 1. The Kier molecular flexibility index (Phi) is 16.7. The van der Waals surface area contributed by atoms with Gasteiger partial charge in [0, 0.05) is 24.7 Å². The van der Waals surface area contributed by atoms with Gasteiger partial charge in [0.25, 0.3) is 0 Å². The number of aromatic hydroxyl groups is 1. The zero-order valence-electron chi connectivity index (χ0n) is 34.0. The van der Waals surface area contributed by atoms with Gasteiger partial charge in [-0.05, 0) is 46.6 Å². The van der Waals surface area contributed by atoms with Crippen LogP contribution in [-0.4, -0.2) is 71.4 Å². The van der Waals surface area contributed by atoms with Gasteiger partial charge in [0.05, 0.1) is 19.3 Å². The van der Waals surface area contributed by atoms with Gasteiger partial charge in [-0.2, -0.15) is 0 Å². The monoisotopic (exact) mass is 795 g/mol. The number of carbonyl (C=O) groups is 4. The van der Waals surface area contributed by atoms with Gasteiger partial charge in [-0.3, -0.25) is 19.7 Å². The second-order valence-corrected chi connectivity index (χ2v) is 15.6. The Balaban J connectivity index is 1.59. The van der Waals surface area contributed by atoms with E-state index in [-0.39, 0.29) is 37.8 Å². The fourth-order valence-electron chi connectivity index (χ4n) is 6.26. The predicted octanol–water partition coefficient (Wildman–Crippen LogP) is 4.75. The number of hydrogen-bond acceptors (Lipinski definition) is 9. The topological polar surface area (TPSA) is 187 Å². The number of hydrogen-bond donors (Lipinski definition) is 7. The first-order valence-electron chi connectivity index (χ1n) is 19.4. The summed E-state index contributed by atoms with van der Waals surface area (Å²) in [5, 5.41) is 37.1. The molecule has 4 aromatic rings. The summed E-state index contributed by atoms with van der Waals surface area (Å²) in [6.07, 6.45) is -2.20. The first-order valence-corrected chi connectivity index (χ1v) is 19.4. The van der Waals surface area contributed by atoms with Gasteiger partial charge in [0.15, 0.2) is 0 Å². The SMILES string of the molecule is COc1ccc(CNC(=O)[C@@H](NC(=O)[C@H](NCc2ccccc2)[C@H](O)[C@H](Cc2ccccc2)NC(=O)[C@@H](NC(=O)OCc2ccccc2)C(C)(C)C)C(C)C)c(O)c1. The summed E-state index contributed by atoms with van der Waals surface area (Å²) in [5.41, 5.74) is 2.05. The van der Waals surface area contributed by atoms with Crippen LogP contribution in [0.3, 0.4) is 0 Å². The lowest BCUT2D eigenvalue weighted by atomic mass is 9.85. The molecule has 4 rings (SSSR count). The van der Waals surface area contributed by atoms with Crippen molar-refractivity contribution in [3.63, 3.8) is 0 Å². The van der Waals surface area contributed by atoms with Crippen LogP contribution in [0.25, 0.3) is 0 Å². The third-order valence-electron chi connectivity index (χ3n) is 9.63. The Morgan fingerprint density at radius 2 is 1.28 bits per heavy atom. The van der Waals surface area contributed by atoms with E-state index in [1.54, 1.807) is 46.8 Å². The van der Waals surface area contributed by atoms with Crippen molar-refractivity contribution in [2.24, 2.45) is 11.3 Å². The minimum atomic E-state index is -1.54. The lowest BCUT2D eigenvalue weighted by Gasteiger charge is -2.35. The molecule has 0 fully saturated rings. The summed E-state index contributed by atoms with van der Waals surface area (Å²) < 4.78 is 10.6. The highest BCUT2D eigenvalue weighted by Gasteiger charge is 2.39. The average Bonchev–Trinajstić information content (AvgIpc) is 3.20. The zero-order chi connectivity index (χ0) is 42.2. The number of phenols is 1. The highest BCUT2D eigenvalue weighted by atomic mass is 16.5. The second kappa shape index (κ2) is 21.6. The van der Waals surface area contributed by atoms with Gasteiger partial charge >= 0.3 is 6.09 Å². The highest BCUT2D eigenvalue weighted by molar-refractivity contribution is 5.91. The molecule has 4 amide bonds. The molecule has 4 aromatic carbocycles. The molecule has 58 heavy (non-hydrogen) atoms. The number of benzene rings is 4. The van der Waals surface area contributed by atoms with Crippen LogP contribution in [0.5, 0.6) is 11.5 Å².